The number of rotatable bonds is 2. The topological polar surface area (TPSA) is 32.7 Å². The van der Waals surface area contributed by atoms with Gasteiger partial charge in [-0.15, -0.1) is 0 Å². The van der Waals surface area contributed by atoms with Crippen LogP contribution in [0.15, 0.2) is 18.2 Å². The van der Waals surface area contributed by atoms with Gasteiger partial charge >= 0.3 is 0 Å². The summed E-state index contributed by atoms with van der Waals surface area (Å²) in [6, 6.07) is 4.93. The molecule has 2 unspecified atom stereocenters. The fourth-order valence-corrected chi connectivity index (χ4v) is 2.68. The molecule has 2 atom stereocenters. The minimum Gasteiger partial charge on any atom is -0.389 e. The van der Waals surface area contributed by atoms with Crippen LogP contribution in [0.2, 0.25) is 0 Å². The Hall–Kier alpha value is -1.13. The molecule has 1 heterocycles. The minimum atomic E-state index is -0.649. The van der Waals surface area contributed by atoms with Crippen molar-refractivity contribution >= 4 is 5.69 Å². The summed E-state index contributed by atoms with van der Waals surface area (Å²) in [6.45, 7) is 8.98. The van der Waals surface area contributed by atoms with Gasteiger partial charge in [0.15, 0.2) is 0 Å². The molecule has 1 saturated heterocycles. The normalized spacial score (nSPS) is 24.3. The molecule has 19 heavy (non-hydrogen) atoms. The Morgan fingerprint density at radius 3 is 2.68 bits per heavy atom. The molecule has 1 aromatic carbocycles. The Kier molecular flexibility index (Phi) is 3.83. The summed E-state index contributed by atoms with van der Waals surface area (Å²) in [4.78, 5) is 2.01. The zero-order valence-corrected chi connectivity index (χ0v) is 12.0. The summed E-state index contributed by atoms with van der Waals surface area (Å²) in [5.74, 6) is -0.289. The van der Waals surface area contributed by atoms with Crippen LogP contribution in [0.4, 0.5) is 10.1 Å². The summed E-state index contributed by atoms with van der Waals surface area (Å²) in [6.07, 6.45) is -0.580. The first-order valence-electron chi connectivity index (χ1n) is 6.69. The molecule has 0 radical (unpaired) electrons. The molecule has 0 bridgehead atoms. The minimum absolute atomic E-state index is 0.0691. The number of anilines is 1. The van der Waals surface area contributed by atoms with Crippen molar-refractivity contribution in [3.63, 3.8) is 0 Å². The van der Waals surface area contributed by atoms with Crippen molar-refractivity contribution in [3.05, 3.63) is 29.6 Å². The van der Waals surface area contributed by atoms with Crippen molar-refractivity contribution in [2.75, 3.05) is 18.0 Å². The Bertz CT molecular complexity index is 459. The lowest BCUT2D eigenvalue weighted by Crippen LogP contribution is -2.52. The van der Waals surface area contributed by atoms with E-state index in [4.69, 9.17) is 4.74 Å². The maximum atomic E-state index is 14.2. The van der Waals surface area contributed by atoms with E-state index in [1.807, 2.05) is 25.7 Å². The molecule has 1 aliphatic rings. The predicted molar refractivity (Wildman–Crippen MR) is 73.9 cm³/mol. The van der Waals surface area contributed by atoms with Crippen LogP contribution in [0.25, 0.3) is 0 Å². The quantitative estimate of drug-likeness (QED) is 0.894. The standard InChI is InChI=1S/C15H22FNO2/c1-10-8-17(9-15(3,4)19-10)14-6-5-12(11(2)18)7-13(14)16/h5-7,10-11,18H,8-9H2,1-4H3. The first kappa shape index (κ1) is 14.3. The average molecular weight is 267 g/mol. The van der Waals surface area contributed by atoms with Crippen molar-refractivity contribution in [3.8, 4) is 0 Å². The fraction of sp³-hybridized carbons (Fsp3) is 0.600. The Morgan fingerprint density at radius 1 is 1.47 bits per heavy atom. The molecule has 1 N–H and O–H groups in total. The lowest BCUT2D eigenvalue weighted by Gasteiger charge is -2.43. The van der Waals surface area contributed by atoms with Crippen LogP contribution in [0, 0.1) is 5.82 Å². The van der Waals surface area contributed by atoms with Crippen LogP contribution in [0.5, 0.6) is 0 Å². The molecule has 0 aromatic heterocycles. The highest BCUT2D eigenvalue weighted by Crippen LogP contribution is 2.29. The molecule has 3 nitrogen and oxygen atoms in total. The second-order valence-electron chi connectivity index (χ2n) is 5.96. The third kappa shape index (κ3) is 3.25. The van der Waals surface area contributed by atoms with E-state index in [0.29, 0.717) is 24.3 Å². The number of hydrogen-bond acceptors (Lipinski definition) is 3. The Balaban J connectivity index is 2.26. The smallest absolute Gasteiger partial charge is 0.146 e. The van der Waals surface area contributed by atoms with Gasteiger partial charge in [0.1, 0.15) is 5.82 Å². The van der Waals surface area contributed by atoms with Gasteiger partial charge in [-0.1, -0.05) is 6.07 Å². The fourth-order valence-electron chi connectivity index (χ4n) is 2.68. The number of hydrogen-bond donors (Lipinski definition) is 1. The highest BCUT2D eigenvalue weighted by molar-refractivity contribution is 5.50. The highest BCUT2D eigenvalue weighted by atomic mass is 19.1. The number of aliphatic hydroxyl groups excluding tert-OH is 1. The number of nitrogens with zero attached hydrogens (tertiary/aromatic N) is 1. The van der Waals surface area contributed by atoms with Crippen molar-refractivity contribution < 1.29 is 14.2 Å². The number of ether oxygens (including phenoxy) is 1. The van der Waals surface area contributed by atoms with Gasteiger partial charge in [-0.25, -0.2) is 4.39 Å². The molecular formula is C15H22FNO2. The monoisotopic (exact) mass is 267 g/mol. The average Bonchev–Trinajstić information content (AvgIpc) is 2.25. The number of morpholine rings is 1. The van der Waals surface area contributed by atoms with E-state index in [-0.39, 0.29) is 17.5 Å². The van der Waals surface area contributed by atoms with Gasteiger partial charge in [0.05, 0.1) is 23.5 Å². The van der Waals surface area contributed by atoms with Gasteiger partial charge < -0.3 is 14.7 Å². The Morgan fingerprint density at radius 2 is 2.16 bits per heavy atom. The van der Waals surface area contributed by atoms with Gasteiger partial charge in [0, 0.05) is 13.1 Å². The first-order chi connectivity index (χ1) is 8.78. The molecule has 1 aromatic rings. The molecule has 1 fully saturated rings. The van der Waals surface area contributed by atoms with Crippen molar-refractivity contribution in [2.24, 2.45) is 0 Å². The maximum absolute atomic E-state index is 14.2. The second-order valence-corrected chi connectivity index (χ2v) is 5.96. The van der Waals surface area contributed by atoms with E-state index < -0.39 is 6.10 Å². The van der Waals surface area contributed by atoms with Gasteiger partial charge in [-0.3, -0.25) is 0 Å². The Labute approximate surface area is 114 Å². The zero-order valence-electron chi connectivity index (χ0n) is 12.0. The van der Waals surface area contributed by atoms with E-state index in [0.717, 1.165) is 0 Å². The summed E-state index contributed by atoms with van der Waals surface area (Å²) in [5.41, 5.74) is 0.891. The summed E-state index contributed by atoms with van der Waals surface area (Å²) < 4.78 is 20.0. The summed E-state index contributed by atoms with van der Waals surface area (Å²) in [5, 5.41) is 9.47. The zero-order chi connectivity index (χ0) is 14.2. The van der Waals surface area contributed by atoms with Crippen LogP contribution >= 0.6 is 0 Å². The SMILES string of the molecule is CC1CN(c2ccc(C(C)O)cc2F)CC(C)(C)O1. The molecule has 0 amide bonds. The number of benzene rings is 1. The predicted octanol–water partition coefficient (Wildman–Crippen LogP) is 2.88. The third-order valence-electron chi connectivity index (χ3n) is 3.36. The van der Waals surface area contributed by atoms with Gasteiger partial charge in [0.25, 0.3) is 0 Å². The molecule has 0 aliphatic carbocycles. The van der Waals surface area contributed by atoms with Crippen LogP contribution < -0.4 is 4.90 Å². The van der Waals surface area contributed by atoms with E-state index >= 15 is 0 Å². The number of halogens is 1. The van der Waals surface area contributed by atoms with E-state index in [9.17, 15) is 9.50 Å². The lowest BCUT2D eigenvalue weighted by molar-refractivity contribution is -0.0751. The molecule has 1 aliphatic heterocycles. The maximum Gasteiger partial charge on any atom is 0.146 e. The van der Waals surface area contributed by atoms with Crippen molar-refractivity contribution in [2.45, 2.75) is 45.5 Å². The van der Waals surface area contributed by atoms with E-state index in [2.05, 4.69) is 0 Å². The van der Waals surface area contributed by atoms with Gasteiger partial charge in [-0.2, -0.15) is 0 Å². The van der Waals surface area contributed by atoms with Crippen LogP contribution in [-0.2, 0) is 4.74 Å². The van der Waals surface area contributed by atoms with Gasteiger partial charge in [0.2, 0.25) is 0 Å². The summed E-state index contributed by atoms with van der Waals surface area (Å²) >= 11 is 0. The second kappa shape index (κ2) is 5.10. The molecule has 4 heteroatoms. The number of aliphatic hydroxyl groups is 1. The van der Waals surface area contributed by atoms with Gasteiger partial charge in [-0.05, 0) is 45.4 Å². The molecule has 2 rings (SSSR count). The van der Waals surface area contributed by atoms with Crippen molar-refractivity contribution in [1.29, 1.82) is 0 Å². The third-order valence-corrected chi connectivity index (χ3v) is 3.36. The lowest BCUT2D eigenvalue weighted by atomic mass is 10.0. The van der Waals surface area contributed by atoms with Crippen LogP contribution in [0.1, 0.15) is 39.4 Å². The molecule has 106 valence electrons. The first-order valence-corrected chi connectivity index (χ1v) is 6.69. The highest BCUT2D eigenvalue weighted by Gasteiger charge is 2.32. The van der Waals surface area contributed by atoms with Crippen LogP contribution in [-0.4, -0.2) is 29.9 Å². The van der Waals surface area contributed by atoms with E-state index in [1.54, 1.807) is 19.1 Å². The largest absolute Gasteiger partial charge is 0.389 e. The molecule has 0 saturated carbocycles. The molecular weight excluding hydrogens is 245 g/mol. The molecule has 0 spiro atoms. The van der Waals surface area contributed by atoms with Crippen molar-refractivity contribution in [1.82, 2.24) is 0 Å². The summed E-state index contributed by atoms with van der Waals surface area (Å²) in [7, 11) is 0. The van der Waals surface area contributed by atoms with Crippen LogP contribution in [0.3, 0.4) is 0 Å². The van der Waals surface area contributed by atoms with E-state index in [1.165, 1.54) is 6.07 Å².